The van der Waals surface area contributed by atoms with E-state index in [1.807, 2.05) is 26.2 Å². The van der Waals surface area contributed by atoms with E-state index in [9.17, 15) is 33.7 Å². The summed E-state index contributed by atoms with van der Waals surface area (Å²) in [5.41, 5.74) is 7.10. The predicted molar refractivity (Wildman–Crippen MR) is 556 cm³/mol. The molecular formula is C97H131Cl2N25O13S4. The van der Waals surface area contributed by atoms with E-state index in [0.29, 0.717) is 185 Å². The van der Waals surface area contributed by atoms with Crippen LogP contribution in [0.3, 0.4) is 0 Å². The lowest BCUT2D eigenvalue weighted by Crippen LogP contribution is -2.48. The van der Waals surface area contributed by atoms with Crippen LogP contribution in [0.4, 0.5) is 69.8 Å². The van der Waals surface area contributed by atoms with E-state index >= 15 is 0 Å². The van der Waals surface area contributed by atoms with Gasteiger partial charge < -0.3 is 96.0 Å². The summed E-state index contributed by atoms with van der Waals surface area (Å²) in [6.07, 6.45) is 30.6. The SMILES string of the molecule is CC[C@H](C)Nc1nc(Nc2ccc(S(=O)(=O)N3CCC(N4CCCCC4)CC3)cc2OC)nc2[nH]cc(Cl)c12.CC[C@H](C)Nc1nc(Nc2ccc(S(C)(=O)=O)cc2OC)nc2[nH]cc(C)c12.COc1cc(S(=O)(=O)N2CCC(N3CCCCC3)CC2)ccc1Nc1nc(NC2CCCC2)c2c(Cl)c[nH]c2n1.COc1cc(S(=O)(=O)N2CCOCC2)ccc1Nc1nc(NC2CCCC2)c2c(C)c[nH]c2n1. The number of halogens is 2. The number of likely N-dealkylation sites (tertiary alicyclic amines) is 2. The van der Waals surface area contributed by atoms with Gasteiger partial charge in [-0.15, -0.1) is 0 Å². The molecule has 5 aliphatic heterocycles. The van der Waals surface area contributed by atoms with Crippen molar-refractivity contribution in [3.8, 4) is 23.0 Å². The zero-order valence-corrected chi connectivity index (χ0v) is 86.6. The van der Waals surface area contributed by atoms with Crippen molar-refractivity contribution in [2.75, 3.05) is 156 Å². The first-order chi connectivity index (χ1) is 67.9. The van der Waals surface area contributed by atoms with Gasteiger partial charge in [-0.25, -0.2) is 33.7 Å². The lowest BCUT2D eigenvalue weighted by molar-refractivity contribution is 0.0730. The summed E-state index contributed by atoms with van der Waals surface area (Å²) in [4.78, 5) is 55.6. The van der Waals surface area contributed by atoms with Crippen LogP contribution in [0.2, 0.25) is 10.0 Å². The van der Waals surface area contributed by atoms with Gasteiger partial charge in [0.2, 0.25) is 53.9 Å². The maximum Gasteiger partial charge on any atom is 0.243 e. The summed E-state index contributed by atoms with van der Waals surface area (Å²) in [6, 6.07) is 21.4. The van der Waals surface area contributed by atoms with Gasteiger partial charge in [-0.2, -0.15) is 52.8 Å². The summed E-state index contributed by atoms with van der Waals surface area (Å²) in [6.45, 7) is 20.5. The van der Waals surface area contributed by atoms with Gasteiger partial charge in [0.15, 0.2) is 9.84 Å². The number of benzene rings is 4. The number of H-pyrrole nitrogens is 4. The molecule has 8 aromatic heterocycles. The summed E-state index contributed by atoms with van der Waals surface area (Å²) in [5.74, 6) is 5.90. The number of hydrogen-bond donors (Lipinski definition) is 12. The maximum atomic E-state index is 13.6. The van der Waals surface area contributed by atoms with Crippen LogP contribution >= 0.6 is 23.2 Å². The van der Waals surface area contributed by atoms with Crippen molar-refractivity contribution in [3.05, 3.63) is 119 Å². The molecule has 4 aromatic carbocycles. The molecule has 5 saturated heterocycles. The van der Waals surface area contributed by atoms with Crippen molar-refractivity contribution in [2.24, 2.45) is 0 Å². The number of sulfone groups is 1. The Morgan fingerprint density at radius 2 is 0.681 bits per heavy atom. The number of nitrogens with one attached hydrogen (secondary N) is 12. The molecule has 141 heavy (non-hydrogen) atoms. The number of aromatic nitrogens is 12. The Kier molecular flexibility index (Phi) is 33.4. The number of ether oxygens (including phenoxy) is 5. The number of morpholine rings is 1. The van der Waals surface area contributed by atoms with Gasteiger partial charge in [-0.1, -0.05) is 75.6 Å². The number of aryl methyl sites for hydroxylation is 2. The van der Waals surface area contributed by atoms with Crippen molar-refractivity contribution in [2.45, 2.75) is 226 Å². The second kappa shape index (κ2) is 45.8. The second-order valence-electron chi connectivity index (χ2n) is 37.1. The molecular weight excluding hydrogens is 1920 g/mol. The second-order valence-corrected chi connectivity index (χ2v) is 45.7. The van der Waals surface area contributed by atoms with E-state index < -0.39 is 39.9 Å². The average Bonchev–Trinajstić information content (AvgIpc) is 1.73. The summed E-state index contributed by atoms with van der Waals surface area (Å²) < 4.78 is 136. The highest BCUT2D eigenvalue weighted by molar-refractivity contribution is 7.91. The molecule has 0 amide bonds. The van der Waals surface area contributed by atoms with E-state index in [-0.39, 0.29) is 31.7 Å². The Balaban J connectivity index is 0.000000137. The Bertz CT molecular complexity index is 6850. The third-order valence-corrected chi connectivity index (χ3v) is 34.8. The summed E-state index contributed by atoms with van der Waals surface area (Å²) in [7, 11) is -8.19. The van der Waals surface area contributed by atoms with Crippen LogP contribution in [-0.4, -0.2) is 266 Å². The fourth-order valence-electron chi connectivity index (χ4n) is 19.2. The topological polar surface area (TPSA) is 461 Å². The molecule has 0 radical (unpaired) electrons. The largest absolute Gasteiger partial charge is 0.495 e. The van der Waals surface area contributed by atoms with Crippen LogP contribution in [0.5, 0.6) is 23.0 Å². The number of aromatic amines is 4. The van der Waals surface area contributed by atoms with E-state index in [1.165, 1.54) is 115 Å². The molecule has 7 fully saturated rings. The number of piperidine rings is 4. The highest BCUT2D eigenvalue weighted by Crippen LogP contribution is 2.42. The first kappa shape index (κ1) is 103. The smallest absolute Gasteiger partial charge is 0.243 e. The number of hydrogen-bond acceptors (Lipinski definition) is 31. The molecule has 0 bridgehead atoms. The number of rotatable bonds is 31. The first-order valence-electron chi connectivity index (χ1n) is 48.8. The summed E-state index contributed by atoms with van der Waals surface area (Å²) >= 11 is 12.8. The molecule has 12 N–H and O–H groups in total. The minimum absolute atomic E-state index is 0.178. The molecule has 2 aliphatic carbocycles. The highest BCUT2D eigenvalue weighted by Gasteiger charge is 2.37. The van der Waals surface area contributed by atoms with Gasteiger partial charge in [0.05, 0.1) is 116 Å². The molecule has 760 valence electrons. The third-order valence-electron chi connectivity index (χ3n) is 27.5. The molecule has 0 unspecified atom stereocenters. The Hall–Kier alpha value is -10.9. The number of anilines is 12. The van der Waals surface area contributed by atoms with E-state index in [1.54, 1.807) is 75.6 Å². The van der Waals surface area contributed by atoms with Crippen molar-refractivity contribution in [3.63, 3.8) is 0 Å². The lowest BCUT2D eigenvalue weighted by atomic mass is 10.0. The molecule has 38 nitrogen and oxygen atoms in total. The normalized spacial score (nSPS) is 17.8. The molecule has 7 aliphatic rings. The molecule has 19 rings (SSSR count). The lowest BCUT2D eigenvalue weighted by Gasteiger charge is -2.39. The monoisotopic (exact) mass is 2050 g/mol. The Labute approximate surface area is 834 Å². The van der Waals surface area contributed by atoms with Gasteiger partial charge in [-0.05, 0) is 203 Å². The van der Waals surface area contributed by atoms with Crippen LogP contribution in [0.1, 0.15) is 167 Å². The molecule has 12 aromatic rings. The molecule has 2 saturated carbocycles. The average molecular weight is 2050 g/mol. The molecule has 13 heterocycles. The first-order valence-corrected chi connectivity index (χ1v) is 55.8. The molecule has 0 spiro atoms. The van der Waals surface area contributed by atoms with Crippen LogP contribution in [0.25, 0.3) is 44.1 Å². The zero-order chi connectivity index (χ0) is 99.4. The number of nitrogens with zero attached hydrogens (tertiary/aromatic N) is 13. The molecule has 44 heteroatoms. The fourth-order valence-corrected chi connectivity index (χ4v) is 24.7. The highest BCUT2D eigenvalue weighted by atomic mass is 35.5. The van der Waals surface area contributed by atoms with E-state index in [0.717, 1.165) is 147 Å². The minimum atomic E-state index is -3.64. The minimum Gasteiger partial charge on any atom is -0.495 e. The third kappa shape index (κ3) is 24.3. The Morgan fingerprint density at radius 3 is 1.03 bits per heavy atom. The van der Waals surface area contributed by atoms with Crippen molar-refractivity contribution in [1.82, 2.24) is 82.5 Å². The van der Waals surface area contributed by atoms with Crippen LogP contribution < -0.4 is 61.5 Å². The predicted octanol–water partition coefficient (Wildman–Crippen LogP) is 17.6. The van der Waals surface area contributed by atoms with Gasteiger partial charge in [-0.3, -0.25) is 0 Å². The fraction of sp³-hybridized carbons (Fsp3) is 0.505. The van der Waals surface area contributed by atoms with Crippen molar-refractivity contribution < 1.29 is 57.4 Å². The molecule has 2 atom stereocenters. The van der Waals surface area contributed by atoms with Gasteiger partial charge in [0, 0.05) is 131 Å². The standard InChI is InChI=1S/C28H38ClN7O3S.C27H38ClN7O3S.C23H30N6O4S.C19H25N5O3S/c1-39-24-17-21(40(37,38)36-15-11-20(12-16-36)35-13-5-2-6-14-35)9-10-23(24)32-28-33-26-25(22(29)18-30-26)27(34-28)31-19-7-3-4-8-19;1-4-18(2)30-26-24-21(28)17-29-25(24)32-27(33-26)31-22-9-8-20(16-23(22)38-3)39(36,37)35-14-10-19(11-15-35)34-12-6-5-7-13-34;1-15-14-24-21-20(15)22(25-16-5-3-4-6-16)28-23(27-21)26-18-8-7-17(13-19(18)32-2)34(30,31)29-9-11-33-12-10-29;1-6-12(3)21-18-16-11(2)10-20-17(16)23-19(24-18)22-14-8-7-13(28(5,25)26)9-15(14)27-4/h9-10,17-20H,2-8,11-16H2,1H3,(H3,30,31,32,33,34);8-9,16-19H,4-7,10-15H2,1-3H3,(H3,29,30,31,32,33);7-8,13-14,16H,3-6,9-12H2,1-2H3,(H3,24,25,26,27,28);7-10,12H,6H2,1-5H3,(H3,20,21,22,23,24)/t;18-;;12-/m.0.0/s1. The van der Waals surface area contributed by atoms with Gasteiger partial charge >= 0.3 is 0 Å². The Morgan fingerprint density at radius 1 is 0.383 bits per heavy atom. The zero-order valence-electron chi connectivity index (χ0n) is 81.8. The quantitative estimate of drug-likeness (QED) is 0.0192. The number of methoxy groups -OCH3 is 4. The van der Waals surface area contributed by atoms with Crippen molar-refractivity contribution in [1.29, 1.82) is 0 Å². The van der Waals surface area contributed by atoms with Crippen LogP contribution in [0, 0.1) is 13.8 Å². The van der Waals surface area contributed by atoms with E-state index in [4.69, 9.17) is 56.9 Å². The number of fused-ring (bicyclic) bond motifs is 4. The summed E-state index contributed by atoms with van der Waals surface area (Å²) in [5, 5.41) is 31.2. The van der Waals surface area contributed by atoms with E-state index in [2.05, 4.69) is 130 Å². The van der Waals surface area contributed by atoms with Gasteiger partial charge in [0.25, 0.3) is 0 Å². The maximum absolute atomic E-state index is 13.6. The van der Waals surface area contributed by atoms with Gasteiger partial charge in [0.1, 0.15) is 68.9 Å². The van der Waals surface area contributed by atoms with Crippen LogP contribution in [-0.2, 0) is 44.6 Å². The van der Waals surface area contributed by atoms with Crippen LogP contribution in [0.15, 0.2) is 117 Å². The van der Waals surface area contributed by atoms with Crippen molar-refractivity contribution >= 4 is 177 Å². The number of sulfonamides is 3.